The number of rotatable bonds is 4. The van der Waals surface area contributed by atoms with Gasteiger partial charge in [-0.2, -0.15) is 0 Å². The van der Waals surface area contributed by atoms with E-state index < -0.39 is 27.7 Å². The van der Waals surface area contributed by atoms with Gasteiger partial charge in [0, 0.05) is 23.4 Å². The molecule has 0 amide bonds. The number of carboxylic acids is 1. The molecule has 0 atom stereocenters. The second-order valence-electron chi connectivity index (χ2n) is 5.40. The van der Waals surface area contributed by atoms with Crippen molar-refractivity contribution in [2.45, 2.75) is 9.79 Å². The zero-order valence-corrected chi connectivity index (χ0v) is 14.2. The van der Waals surface area contributed by atoms with Crippen LogP contribution in [0, 0.1) is 10.1 Å². The Morgan fingerprint density at radius 1 is 1.23 bits per heavy atom. The van der Waals surface area contributed by atoms with Gasteiger partial charge in [-0.3, -0.25) is 14.9 Å². The smallest absolute Gasteiger partial charge is 0.342 e. The lowest BCUT2D eigenvalue weighted by Crippen LogP contribution is -2.18. The van der Waals surface area contributed by atoms with Crippen molar-refractivity contribution < 1.29 is 19.9 Å². The summed E-state index contributed by atoms with van der Waals surface area (Å²) in [6, 6.07) is 10.3. The van der Waals surface area contributed by atoms with Gasteiger partial charge in [0.15, 0.2) is 0 Å². The standard InChI is InChI=1S/C17H12N2O6S/c1-18-12-5-3-2-4-10(12)14(20)15(16(18)21)26-9-6-7-13(19(24)25)11(8-9)17(22)23/h2-8,20H,1H3,(H,22,23). The molecule has 0 saturated heterocycles. The van der Waals surface area contributed by atoms with E-state index in [1.807, 2.05) is 0 Å². The molecule has 0 aliphatic heterocycles. The fraction of sp³-hybridized carbons (Fsp3) is 0.0588. The van der Waals surface area contributed by atoms with Gasteiger partial charge in [0.05, 0.1) is 10.4 Å². The predicted molar refractivity (Wildman–Crippen MR) is 95.0 cm³/mol. The molecule has 132 valence electrons. The van der Waals surface area contributed by atoms with Crippen LogP contribution in [0.4, 0.5) is 5.69 Å². The lowest BCUT2D eigenvalue weighted by molar-refractivity contribution is -0.385. The lowest BCUT2D eigenvalue weighted by atomic mass is 10.2. The van der Waals surface area contributed by atoms with Gasteiger partial charge in [0.1, 0.15) is 16.2 Å². The molecule has 0 saturated carbocycles. The molecule has 0 bridgehead atoms. The minimum Gasteiger partial charge on any atom is -0.506 e. The summed E-state index contributed by atoms with van der Waals surface area (Å²) in [5, 5.41) is 31.1. The third-order valence-corrected chi connectivity index (χ3v) is 4.91. The van der Waals surface area contributed by atoms with E-state index in [0.29, 0.717) is 10.9 Å². The first-order valence-electron chi connectivity index (χ1n) is 7.31. The molecule has 0 spiro atoms. The lowest BCUT2D eigenvalue weighted by Gasteiger charge is -2.11. The van der Waals surface area contributed by atoms with Gasteiger partial charge >= 0.3 is 5.97 Å². The van der Waals surface area contributed by atoms with Crippen LogP contribution in [0.15, 0.2) is 57.1 Å². The molecule has 2 N–H and O–H groups in total. The van der Waals surface area contributed by atoms with E-state index in [1.165, 1.54) is 10.6 Å². The Hall–Kier alpha value is -3.33. The monoisotopic (exact) mass is 372 g/mol. The number of aromatic carboxylic acids is 1. The molecule has 8 nitrogen and oxygen atoms in total. The summed E-state index contributed by atoms with van der Waals surface area (Å²) in [4.78, 5) is 34.3. The van der Waals surface area contributed by atoms with Gasteiger partial charge in [0.2, 0.25) is 0 Å². The number of hydrogen-bond donors (Lipinski definition) is 2. The molecule has 1 aromatic heterocycles. The largest absolute Gasteiger partial charge is 0.506 e. The van der Waals surface area contributed by atoms with Crippen LogP contribution in [0.1, 0.15) is 10.4 Å². The molecule has 0 radical (unpaired) electrons. The van der Waals surface area contributed by atoms with Gasteiger partial charge in [-0.1, -0.05) is 23.9 Å². The quantitative estimate of drug-likeness (QED) is 0.533. The zero-order valence-electron chi connectivity index (χ0n) is 13.4. The van der Waals surface area contributed by atoms with Gasteiger partial charge in [0.25, 0.3) is 11.2 Å². The van der Waals surface area contributed by atoms with Crippen LogP contribution in [0.3, 0.4) is 0 Å². The van der Waals surface area contributed by atoms with E-state index in [9.17, 15) is 29.9 Å². The third kappa shape index (κ3) is 2.88. The predicted octanol–water partition coefficient (Wildman–Crippen LogP) is 3.00. The van der Waals surface area contributed by atoms with Gasteiger partial charge in [-0.15, -0.1) is 0 Å². The third-order valence-electron chi connectivity index (χ3n) is 3.85. The van der Waals surface area contributed by atoms with Crippen LogP contribution in [-0.2, 0) is 7.05 Å². The summed E-state index contributed by atoms with van der Waals surface area (Å²) in [6.07, 6.45) is 0. The minimum absolute atomic E-state index is 0.0105. The van der Waals surface area contributed by atoms with E-state index in [1.54, 1.807) is 31.3 Å². The fourth-order valence-electron chi connectivity index (χ4n) is 2.57. The summed E-state index contributed by atoms with van der Waals surface area (Å²) >= 11 is 0.853. The van der Waals surface area contributed by atoms with Crippen molar-refractivity contribution in [2.75, 3.05) is 0 Å². The number of fused-ring (bicyclic) bond motifs is 1. The molecule has 26 heavy (non-hydrogen) atoms. The average molecular weight is 372 g/mol. The van der Waals surface area contributed by atoms with Crippen molar-refractivity contribution in [1.82, 2.24) is 4.57 Å². The summed E-state index contributed by atoms with van der Waals surface area (Å²) in [7, 11) is 1.56. The number of aryl methyl sites for hydroxylation is 1. The normalized spacial score (nSPS) is 10.8. The van der Waals surface area contributed by atoms with Gasteiger partial charge < -0.3 is 14.8 Å². The number of aromatic hydroxyl groups is 1. The number of nitrogens with zero attached hydrogens (tertiary/aromatic N) is 2. The van der Waals surface area contributed by atoms with Crippen molar-refractivity contribution in [3.8, 4) is 5.75 Å². The number of pyridine rings is 1. The van der Waals surface area contributed by atoms with E-state index >= 15 is 0 Å². The van der Waals surface area contributed by atoms with Crippen molar-refractivity contribution in [3.63, 3.8) is 0 Å². The average Bonchev–Trinajstić information content (AvgIpc) is 2.63. The zero-order chi connectivity index (χ0) is 19.0. The molecule has 2 aromatic carbocycles. The Labute approximate surface area is 150 Å². The van der Waals surface area contributed by atoms with E-state index in [4.69, 9.17) is 0 Å². The Morgan fingerprint density at radius 3 is 2.58 bits per heavy atom. The second kappa shape index (κ2) is 6.52. The fourth-order valence-corrected chi connectivity index (χ4v) is 3.55. The highest BCUT2D eigenvalue weighted by Gasteiger charge is 2.22. The first kappa shape index (κ1) is 17.5. The first-order chi connectivity index (χ1) is 12.3. The Bertz CT molecular complexity index is 1120. The number of carbonyl (C=O) groups is 1. The molecule has 3 aromatic rings. The van der Waals surface area contributed by atoms with Crippen molar-refractivity contribution in [1.29, 1.82) is 0 Å². The molecule has 3 rings (SSSR count). The minimum atomic E-state index is -1.45. The molecular formula is C17H12N2O6S. The molecular weight excluding hydrogens is 360 g/mol. The highest BCUT2D eigenvalue weighted by Crippen LogP contribution is 2.37. The van der Waals surface area contributed by atoms with Crippen molar-refractivity contribution in [3.05, 3.63) is 68.5 Å². The van der Waals surface area contributed by atoms with Crippen LogP contribution in [0.25, 0.3) is 10.9 Å². The first-order valence-corrected chi connectivity index (χ1v) is 8.13. The number of nitro benzene ring substituents is 1. The Kier molecular flexibility index (Phi) is 4.39. The summed E-state index contributed by atoms with van der Waals surface area (Å²) in [6.45, 7) is 0. The maximum Gasteiger partial charge on any atom is 0.342 e. The van der Waals surface area contributed by atoms with Crippen LogP contribution < -0.4 is 5.56 Å². The van der Waals surface area contributed by atoms with Crippen molar-refractivity contribution in [2.24, 2.45) is 7.05 Å². The van der Waals surface area contributed by atoms with Crippen LogP contribution in [0.2, 0.25) is 0 Å². The Balaban J connectivity index is 2.16. The molecule has 0 fully saturated rings. The topological polar surface area (TPSA) is 123 Å². The van der Waals surface area contributed by atoms with Crippen molar-refractivity contribution >= 4 is 34.3 Å². The Morgan fingerprint density at radius 2 is 1.92 bits per heavy atom. The number of benzene rings is 2. The van der Waals surface area contributed by atoms with Crippen LogP contribution in [-0.4, -0.2) is 25.7 Å². The number of hydrogen-bond acceptors (Lipinski definition) is 6. The van der Waals surface area contributed by atoms with E-state index in [0.717, 1.165) is 23.9 Å². The summed E-state index contributed by atoms with van der Waals surface area (Å²) in [5.74, 6) is -1.67. The number of nitro groups is 1. The molecule has 1 heterocycles. The van der Waals surface area contributed by atoms with E-state index in [-0.39, 0.29) is 15.5 Å². The van der Waals surface area contributed by atoms with E-state index in [2.05, 4.69) is 0 Å². The summed E-state index contributed by atoms with van der Waals surface area (Å²) < 4.78 is 1.38. The second-order valence-corrected chi connectivity index (χ2v) is 6.49. The molecule has 0 aliphatic rings. The maximum atomic E-state index is 12.6. The maximum absolute atomic E-state index is 12.6. The van der Waals surface area contributed by atoms with Gasteiger partial charge in [-0.25, -0.2) is 4.79 Å². The number of aromatic nitrogens is 1. The van der Waals surface area contributed by atoms with Gasteiger partial charge in [-0.05, 0) is 24.3 Å². The number of para-hydroxylation sites is 1. The highest BCUT2D eigenvalue weighted by atomic mass is 32.2. The summed E-state index contributed by atoms with van der Waals surface area (Å²) in [5.41, 5.74) is -0.940. The molecule has 0 unspecified atom stereocenters. The molecule has 0 aliphatic carbocycles. The highest BCUT2D eigenvalue weighted by molar-refractivity contribution is 7.99. The van der Waals surface area contributed by atoms with Crippen LogP contribution >= 0.6 is 11.8 Å². The molecule has 9 heteroatoms. The van der Waals surface area contributed by atoms with Crippen LogP contribution in [0.5, 0.6) is 5.75 Å². The SMILES string of the molecule is Cn1c(=O)c(Sc2ccc([N+](=O)[O-])c(C(=O)O)c2)c(O)c2ccccc21. The number of carboxylic acid groups (broad SMARTS) is 1.